The Bertz CT molecular complexity index is 556. The lowest BCUT2D eigenvalue weighted by Gasteiger charge is -2.27. The molecule has 0 aliphatic heterocycles. The van der Waals surface area contributed by atoms with Gasteiger partial charge in [0.15, 0.2) is 0 Å². The van der Waals surface area contributed by atoms with Gasteiger partial charge in [0.2, 0.25) is 5.91 Å². The average Bonchev–Trinajstić information content (AvgIpc) is 2.94. The van der Waals surface area contributed by atoms with Crippen molar-refractivity contribution in [2.45, 2.75) is 186 Å². The molecular formula is C33H65NO5. The van der Waals surface area contributed by atoms with Crippen molar-refractivity contribution in [3.8, 4) is 0 Å². The lowest BCUT2D eigenvalue weighted by molar-refractivity contribution is -0.132. The largest absolute Gasteiger partial charge is 0.394 e. The molecule has 0 spiro atoms. The second-order valence-electron chi connectivity index (χ2n) is 11.5. The van der Waals surface area contributed by atoms with Gasteiger partial charge in [-0.2, -0.15) is 0 Å². The minimum Gasteiger partial charge on any atom is -0.394 e. The predicted molar refractivity (Wildman–Crippen MR) is 164 cm³/mol. The topological polar surface area (TPSA) is 110 Å². The van der Waals surface area contributed by atoms with Crippen molar-refractivity contribution in [1.82, 2.24) is 5.32 Å². The van der Waals surface area contributed by atoms with Crippen molar-refractivity contribution in [3.05, 3.63) is 12.2 Å². The van der Waals surface area contributed by atoms with Gasteiger partial charge in [-0.25, -0.2) is 0 Å². The summed E-state index contributed by atoms with van der Waals surface area (Å²) in [5, 5.41) is 43.1. The fraction of sp³-hybridized carbons (Fsp3) is 0.909. The predicted octanol–water partition coefficient (Wildman–Crippen LogP) is 7.11. The monoisotopic (exact) mass is 555 g/mol. The molecule has 6 nitrogen and oxygen atoms in total. The van der Waals surface area contributed by atoms with E-state index in [-0.39, 0.29) is 6.42 Å². The lowest BCUT2D eigenvalue weighted by atomic mass is 9.99. The average molecular weight is 556 g/mol. The summed E-state index contributed by atoms with van der Waals surface area (Å²) >= 11 is 0. The van der Waals surface area contributed by atoms with Gasteiger partial charge >= 0.3 is 0 Å². The van der Waals surface area contributed by atoms with E-state index in [1.54, 1.807) is 0 Å². The van der Waals surface area contributed by atoms with Crippen molar-refractivity contribution in [3.63, 3.8) is 0 Å². The fourth-order valence-electron chi connectivity index (χ4n) is 4.99. The fourth-order valence-corrected chi connectivity index (χ4v) is 4.99. The van der Waals surface area contributed by atoms with Crippen LogP contribution in [0.15, 0.2) is 12.2 Å². The summed E-state index contributed by atoms with van der Waals surface area (Å²) in [6.45, 7) is 3.95. The molecule has 1 amide bonds. The second kappa shape index (κ2) is 28.6. The maximum atomic E-state index is 12.3. The number of aliphatic hydroxyl groups excluding tert-OH is 4. The Morgan fingerprint density at radius 1 is 0.615 bits per heavy atom. The third-order valence-electron chi connectivity index (χ3n) is 7.73. The van der Waals surface area contributed by atoms with Crippen LogP contribution in [0.1, 0.15) is 162 Å². The molecule has 0 aliphatic carbocycles. The van der Waals surface area contributed by atoms with Crippen LogP contribution >= 0.6 is 0 Å². The first-order chi connectivity index (χ1) is 19.0. The van der Waals surface area contributed by atoms with Crippen LogP contribution in [0, 0.1) is 0 Å². The number of hydrogen-bond acceptors (Lipinski definition) is 5. The molecule has 4 unspecified atom stereocenters. The summed E-state index contributed by atoms with van der Waals surface area (Å²) in [6, 6.07) is -0.993. The molecule has 0 radical (unpaired) electrons. The van der Waals surface area contributed by atoms with Crippen molar-refractivity contribution in [2.75, 3.05) is 6.61 Å². The van der Waals surface area contributed by atoms with Gasteiger partial charge in [0.25, 0.3) is 0 Å². The standard InChI is InChI=1S/C33H65NO5/c1-3-5-7-9-11-13-14-15-16-17-18-19-21-22-24-26-30(36)32(38)29(28-35)34-33(39)31(37)27-25-23-20-12-10-8-6-4-2/h20,23,29-32,35-38H,3-19,21-22,24-28H2,1-2H3,(H,34,39)/b23-20-. The number of amides is 1. The van der Waals surface area contributed by atoms with Gasteiger partial charge in [-0.3, -0.25) is 4.79 Å². The van der Waals surface area contributed by atoms with Crippen LogP contribution in [0.5, 0.6) is 0 Å². The summed E-state index contributed by atoms with van der Waals surface area (Å²) in [5.41, 5.74) is 0. The van der Waals surface area contributed by atoms with Crippen LogP contribution < -0.4 is 5.32 Å². The molecule has 4 atom stereocenters. The van der Waals surface area contributed by atoms with E-state index in [0.717, 1.165) is 32.1 Å². The highest BCUT2D eigenvalue weighted by molar-refractivity contribution is 5.80. The quantitative estimate of drug-likeness (QED) is 0.0499. The zero-order valence-electron chi connectivity index (χ0n) is 25.6. The number of unbranched alkanes of at least 4 members (excludes halogenated alkanes) is 18. The number of aliphatic hydroxyl groups is 4. The number of hydrogen-bond donors (Lipinski definition) is 5. The Labute approximate surface area is 241 Å². The molecule has 0 aromatic carbocycles. The Kier molecular flexibility index (Phi) is 27.9. The normalized spacial score (nSPS) is 14.9. The molecule has 0 fully saturated rings. The third-order valence-corrected chi connectivity index (χ3v) is 7.73. The van der Waals surface area contributed by atoms with Gasteiger partial charge in [-0.15, -0.1) is 0 Å². The highest BCUT2D eigenvalue weighted by Crippen LogP contribution is 2.15. The maximum absolute atomic E-state index is 12.3. The third kappa shape index (κ3) is 23.5. The van der Waals surface area contributed by atoms with E-state index in [9.17, 15) is 25.2 Å². The first kappa shape index (κ1) is 38.0. The van der Waals surface area contributed by atoms with Crippen LogP contribution in [0.3, 0.4) is 0 Å². The van der Waals surface area contributed by atoms with Crippen molar-refractivity contribution < 1.29 is 25.2 Å². The van der Waals surface area contributed by atoms with E-state index < -0.39 is 36.9 Å². The number of allylic oxidation sites excluding steroid dienone is 2. The van der Waals surface area contributed by atoms with Crippen molar-refractivity contribution in [1.29, 1.82) is 0 Å². The van der Waals surface area contributed by atoms with E-state index >= 15 is 0 Å². The second-order valence-corrected chi connectivity index (χ2v) is 11.5. The molecule has 0 saturated carbocycles. The smallest absolute Gasteiger partial charge is 0.249 e. The molecule has 0 rings (SSSR count). The van der Waals surface area contributed by atoms with Gasteiger partial charge in [-0.05, 0) is 32.1 Å². The van der Waals surface area contributed by atoms with E-state index in [4.69, 9.17) is 0 Å². The first-order valence-corrected chi connectivity index (χ1v) is 16.6. The molecule has 0 heterocycles. The molecule has 0 aromatic rings. The number of nitrogens with one attached hydrogen (secondary N) is 1. The molecule has 0 saturated heterocycles. The van der Waals surface area contributed by atoms with E-state index in [1.165, 1.54) is 96.3 Å². The summed E-state index contributed by atoms with van der Waals surface area (Å²) in [4.78, 5) is 12.3. The highest BCUT2D eigenvalue weighted by atomic mass is 16.3. The Morgan fingerprint density at radius 3 is 1.54 bits per heavy atom. The Morgan fingerprint density at radius 2 is 1.05 bits per heavy atom. The zero-order chi connectivity index (χ0) is 29.0. The SMILES string of the molecule is CCCCCC/C=C\CCC(O)C(=O)NC(CO)C(O)C(O)CCCCCCCCCCCCCCCCC. The molecule has 0 aromatic heterocycles. The van der Waals surface area contributed by atoms with Gasteiger partial charge < -0.3 is 25.7 Å². The van der Waals surface area contributed by atoms with E-state index in [2.05, 4.69) is 25.2 Å². The molecular weight excluding hydrogens is 490 g/mol. The summed E-state index contributed by atoms with van der Waals surface area (Å²) < 4.78 is 0. The zero-order valence-corrected chi connectivity index (χ0v) is 25.6. The summed E-state index contributed by atoms with van der Waals surface area (Å²) in [7, 11) is 0. The van der Waals surface area contributed by atoms with Gasteiger partial charge in [-0.1, -0.05) is 142 Å². The molecule has 0 bridgehead atoms. The highest BCUT2D eigenvalue weighted by Gasteiger charge is 2.28. The minimum absolute atomic E-state index is 0.285. The molecule has 6 heteroatoms. The van der Waals surface area contributed by atoms with Crippen LogP contribution in [0.4, 0.5) is 0 Å². The summed E-state index contributed by atoms with van der Waals surface area (Å²) in [6.07, 6.45) is 26.8. The van der Waals surface area contributed by atoms with Gasteiger partial charge in [0, 0.05) is 0 Å². The van der Waals surface area contributed by atoms with Gasteiger partial charge in [0.05, 0.1) is 18.8 Å². The summed E-state index contributed by atoms with van der Waals surface area (Å²) in [5.74, 6) is -0.622. The molecule has 39 heavy (non-hydrogen) atoms. The Balaban J connectivity index is 3.86. The van der Waals surface area contributed by atoms with Crippen LogP contribution in [-0.2, 0) is 4.79 Å². The lowest BCUT2D eigenvalue weighted by Crippen LogP contribution is -2.53. The van der Waals surface area contributed by atoms with Crippen molar-refractivity contribution in [2.24, 2.45) is 0 Å². The van der Waals surface area contributed by atoms with Crippen LogP contribution in [0.2, 0.25) is 0 Å². The van der Waals surface area contributed by atoms with Crippen LogP contribution in [0.25, 0.3) is 0 Å². The maximum Gasteiger partial charge on any atom is 0.249 e. The Hall–Kier alpha value is -0.950. The van der Waals surface area contributed by atoms with Crippen LogP contribution in [-0.4, -0.2) is 57.3 Å². The van der Waals surface area contributed by atoms with Gasteiger partial charge in [0.1, 0.15) is 12.2 Å². The molecule has 232 valence electrons. The van der Waals surface area contributed by atoms with E-state index in [0.29, 0.717) is 12.8 Å². The minimum atomic E-state index is -1.26. The number of carbonyl (C=O) groups is 1. The molecule has 5 N–H and O–H groups in total. The first-order valence-electron chi connectivity index (χ1n) is 16.6. The van der Waals surface area contributed by atoms with E-state index in [1.807, 2.05) is 6.08 Å². The molecule has 0 aliphatic rings. The number of carbonyl (C=O) groups excluding carboxylic acids is 1. The van der Waals surface area contributed by atoms with Crippen molar-refractivity contribution >= 4 is 5.91 Å². The number of rotatable bonds is 29.